The standard InChI is InChI=1S/C15H7F4N3O5/c16-14(17)7-3-5(1-2-8(7)26-15(18,19)27-14)22-9(23)4-6-10(11(22)20)13(25)21-12(6)24/h1-4H,20H2,(H,21,24,25). The van der Waals surface area contributed by atoms with E-state index in [1.165, 1.54) is 0 Å². The molecule has 12 heteroatoms. The number of hydrogen-bond acceptors (Lipinski definition) is 6. The molecule has 2 aliphatic rings. The molecule has 0 bridgehead atoms. The maximum Gasteiger partial charge on any atom is 0.540 e. The molecule has 3 heterocycles. The Labute approximate surface area is 146 Å². The average molecular weight is 385 g/mol. The van der Waals surface area contributed by atoms with Crippen LogP contribution in [0.2, 0.25) is 0 Å². The molecule has 0 spiro atoms. The van der Waals surface area contributed by atoms with Gasteiger partial charge >= 0.3 is 12.4 Å². The molecule has 140 valence electrons. The number of benzene rings is 1. The minimum absolute atomic E-state index is 0.256. The Morgan fingerprint density at radius 2 is 1.74 bits per heavy atom. The number of pyridine rings is 1. The molecule has 0 radical (unpaired) electrons. The smallest absolute Gasteiger partial charge is 0.409 e. The van der Waals surface area contributed by atoms with Gasteiger partial charge in [0.2, 0.25) is 0 Å². The van der Waals surface area contributed by atoms with Crippen molar-refractivity contribution in [2.75, 3.05) is 5.73 Å². The maximum absolute atomic E-state index is 13.9. The van der Waals surface area contributed by atoms with Gasteiger partial charge in [-0.05, 0) is 18.2 Å². The number of carbonyl (C=O) groups is 2. The summed E-state index contributed by atoms with van der Waals surface area (Å²) in [6, 6.07) is 3.25. The molecule has 0 aliphatic carbocycles. The van der Waals surface area contributed by atoms with Crippen molar-refractivity contribution in [1.82, 2.24) is 9.88 Å². The summed E-state index contributed by atoms with van der Waals surface area (Å²) in [7, 11) is 0. The molecule has 1 aromatic carbocycles. The van der Waals surface area contributed by atoms with Crippen molar-refractivity contribution in [2.24, 2.45) is 0 Å². The highest BCUT2D eigenvalue weighted by molar-refractivity contribution is 6.23. The van der Waals surface area contributed by atoms with E-state index in [9.17, 15) is 31.9 Å². The summed E-state index contributed by atoms with van der Waals surface area (Å²) in [5, 5.41) is 1.95. The number of carbonyl (C=O) groups excluding carboxylic acids is 2. The van der Waals surface area contributed by atoms with Crippen LogP contribution in [0.15, 0.2) is 29.1 Å². The molecule has 0 unspecified atom stereocenters. The van der Waals surface area contributed by atoms with Crippen LogP contribution in [0.3, 0.4) is 0 Å². The second-order valence-electron chi connectivity index (χ2n) is 5.64. The van der Waals surface area contributed by atoms with Gasteiger partial charge in [-0.1, -0.05) is 0 Å². The molecule has 0 saturated heterocycles. The van der Waals surface area contributed by atoms with E-state index in [-0.39, 0.29) is 16.8 Å². The fraction of sp³-hybridized carbons (Fsp3) is 0.133. The number of alkyl halides is 4. The SMILES string of the molecule is Nc1c2c(cc(=O)n1-c1ccc3c(c1)C(F)(F)OC(F)(F)O3)C(=O)NC2=O. The van der Waals surface area contributed by atoms with Gasteiger partial charge in [0.15, 0.2) is 0 Å². The van der Waals surface area contributed by atoms with Crippen LogP contribution in [-0.2, 0) is 10.8 Å². The average Bonchev–Trinajstić information content (AvgIpc) is 2.80. The van der Waals surface area contributed by atoms with Crippen LogP contribution < -0.4 is 21.3 Å². The number of nitrogens with zero attached hydrogens (tertiary/aromatic N) is 1. The summed E-state index contributed by atoms with van der Waals surface area (Å²) in [6.07, 6.45) is -8.96. The van der Waals surface area contributed by atoms with E-state index in [1.807, 2.05) is 5.32 Å². The zero-order valence-electron chi connectivity index (χ0n) is 12.9. The molecule has 0 fully saturated rings. The van der Waals surface area contributed by atoms with Gasteiger partial charge in [0, 0.05) is 6.07 Å². The van der Waals surface area contributed by atoms with Crippen LogP contribution in [0.25, 0.3) is 5.69 Å². The van der Waals surface area contributed by atoms with E-state index < -0.39 is 46.9 Å². The number of rotatable bonds is 1. The number of fused-ring (bicyclic) bond motifs is 2. The summed E-state index contributed by atoms with van der Waals surface area (Å²) < 4.78 is 62.1. The number of aromatic nitrogens is 1. The molecule has 2 aromatic rings. The van der Waals surface area contributed by atoms with E-state index >= 15 is 0 Å². The van der Waals surface area contributed by atoms with Crippen molar-refractivity contribution in [3.05, 3.63) is 51.3 Å². The number of ether oxygens (including phenoxy) is 2. The third-order valence-corrected chi connectivity index (χ3v) is 3.96. The second kappa shape index (κ2) is 5.07. The van der Waals surface area contributed by atoms with Gasteiger partial charge in [-0.2, -0.15) is 8.78 Å². The van der Waals surface area contributed by atoms with Crippen LogP contribution in [0, 0.1) is 0 Å². The second-order valence-corrected chi connectivity index (χ2v) is 5.64. The number of anilines is 1. The minimum atomic E-state index is -4.54. The first-order valence-corrected chi connectivity index (χ1v) is 7.21. The summed E-state index contributed by atoms with van der Waals surface area (Å²) in [6.45, 7) is 0. The monoisotopic (exact) mass is 385 g/mol. The number of hydrogen-bond donors (Lipinski definition) is 2. The van der Waals surface area contributed by atoms with E-state index in [0.717, 1.165) is 18.2 Å². The Hall–Kier alpha value is -3.41. The van der Waals surface area contributed by atoms with Crippen LogP contribution in [0.1, 0.15) is 26.3 Å². The first-order valence-electron chi connectivity index (χ1n) is 7.21. The Bertz CT molecular complexity index is 1100. The largest absolute Gasteiger partial charge is 0.540 e. The Morgan fingerprint density at radius 3 is 2.44 bits per heavy atom. The summed E-state index contributed by atoms with van der Waals surface area (Å²) in [5.41, 5.74) is 2.98. The molecular formula is C15H7F4N3O5. The Kier molecular flexibility index (Phi) is 3.19. The van der Waals surface area contributed by atoms with Crippen molar-refractivity contribution in [1.29, 1.82) is 0 Å². The lowest BCUT2D eigenvalue weighted by molar-refractivity contribution is -0.461. The third-order valence-electron chi connectivity index (χ3n) is 3.96. The quantitative estimate of drug-likeness (QED) is 0.566. The van der Waals surface area contributed by atoms with Gasteiger partial charge in [-0.15, -0.1) is 8.78 Å². The number of nitrogens with two attached hydrogens (primary N) is 1. The summed E-state index contributed by atoms with van der Waals surface area (Å²) in [5.74, 6) is -3.03. The van der Waals surface area contributed by atoms with Crippen LogP contribution in [0.4, 0.5) is 23.4 Å². The lowest BCUT2D eigenvalue weighted by Crippen LogP contribution is -2.41. The van der Waals surface area contributed by atoms with E-state index in [4.69, 9.17) is 5.73 Å². The van der Waals surface area contributed by atoms with Crippen molar-refractivity contribution in [3.63, 3.8) is 0 Å². The van der Waals surface area contributed by atoms with Crippen LogP contribution in [0.5, 0.6) is 5.75 Å². The van der Waals surface area contributed by atoms with Gasteiger partial charge < -0.3 is 10.5 Å². The first-order chi connectivity index (χ1) is 12.5. The number of halogens is 4. The zero-order chi connectivity index (χ0) is 19.7. The fourth-order valence-electron chi connectivity index (χ4n) is 2.87. The Morgan fingerprint density at radius 1 is 1.04 bits per heavy atom. The van der Waals surface area contributed by atoms with E-state index in [2.05, 4.69) is 9.47 Å². The van der Waals surface area contributed by atoms with Crippen molar-refractivity contribution >= 4 is 17.6 Å². The van der Waals surface area contributed by atoms with Gasteiger partial charge in [0.1, 0.15) is 11.6 Å². The Balaban J connectivity index is 1.93. The number of nitrogens with one attached hydrogen (secondary N) is 1. The fourth-order valence-corrected chi connectivity index (χ4v) is 2.87. The molecule has 1 aromatic heterocycles. The van der Waals surface area contributed by atoms with Crippen molar-refractivity contribution in [2.45, 2.75) is 12.4 Å². The lowest BCUT2D eigenvalue weighted by atomic mass is 10.1. The molecule has 0 atom stereocenters. The van der Waals surface area contributed by atoms with E-state index in [0.29, 0.717) is 10.6 Å². The normalized spacial score (nSPS) is 19.1. The van der Waals surface area contributed by atoms with Crippen LogP contribution in [-0.4, -0.2) is 22.7 Å². The van der Waals surface area contributed by atoms with Crippen molar-refractivity contribution < 1.29 is 36.6 Å². The number of imide groups is 1. The number of nitrogen functional groups attached to an aromatic ring is 1. The predicted molar refractivity (Wildman–Crippen MR) is 78.8 cm³/mol. The summed E-state index contributed by atoms with van der Waals surface area (Å²) >= 11 is 0. The number of amides is 2. The predicted octanol–water partition coefficient (Wildman–Crippen LogP) is 1.31. The molecular weight excluding hydrogens is 378 g/mol. The lowest BCUT2D eigenvalue weighted by Gasteiger charge is -2.30. The van der Waals surface area contributed by atoms with Crippen LogP contribution >= 0.6 is 0 Å². The van der Waals surface area contributed by atoms with Gasteiger partial charge in [-0.25, -0.2) is 4.74 Å². The molecule has 27 heavy (non-hydrogen) atoms. The van der Waals surface area contributed by atoms with Gasteiger partial charge in [0.05, 0.1) is 22.4 Å². The molecule has 8 nitrogen and oxygen atoms in total. The van der Waals surface area contributed by atoms with E-state index in [1.54, 1.807) is 0 Å². The van der Waals surface area contributed by atoms with Gasteiger partial charge in [0.25, 0.3) is 17.4 Å². The molecule has 0 saturated carbocycles. The minimum Gasteiger partial charge on any atom is -0.409 e. The molecule has 4 rings (SSSR count). The zero-order valence-corrected chi connectivity index (χ0v) is 12.9. The summed E-state index contributed by atoms with van der Waals surface area (Å²) in [4.78, 5) is 35.8. The molecule has 3 N–H and O–H groups in total. The van der Waals surface area contributed by atoms with Gasteiger partial charge in [-0.3, -0.25) is 24.3 Å². The highest BCUT2D eigenvalue weighted by atomic mass is 19.3. The molecule has 2 amide bonds. The van der Waals surface area contributed by atoms with Crippen molar-refractivity contribution in [3.8, 4) is 11.4 Å². The maximum atomic E-state index is 13.9. The molecule has 2 aliphatic heterocycles. The highest BCUT2D eigenvalue weighted by Crippen LogP contribution is 2.46. The third kappa shape index (κ3) is 2.44. The topological polar surface area (TPSA) is 113 Å². The first kappa shape index (κ1) is 17.0. The highest BCUT2D eigenvalue weighted by Gasteiger charge is 2.54.